The zero-order valence-corrected chi connectivity index (χ0v) is 9.43. The zero-order chi connectivity index (χ0) is 11.3. The molecule has 0 aromatic heterocycles. The summed E-state index contributed by atoms with van der Waals surface area (Å²) in [5, 5.41) is 1.60. The van der Waals surface area contributed by atoms with Crippen molar-refractivity contribution in [2.75, 3.05) is 27.8 Å². The molecule has 0 aliphatic heterocycles. The lowest BCUT2D eigenvalue weighted by atomic mass is 10.1. The van der Waals surface area contributed by atoms with Gasteiger partial charge in [-0.1, -0.05) is 18.2 Å². The Labute approximate surface area is 90.6 Å². The van der Waals surface area contributed by atoms with Gasteiger partial charge in [-0.15, -0.1) is 0 Å². The Kier molecular flexibility index (Phi) is 4.55. The first kappa shape index (κ1) is 12.0. The summed E-state index contributed by atoms with van der Waals surface area (Å²) in [7, 11) is 5.12. The van der Waals surface area contributed by atoms with Crippen molar-refractivity contribution in [2.24, 2.45) is 5.84 Å². The Morgan fingerprint density at radius 2 is 2.00 bits per heavy atom. The van der Waals surface area contributed by atoms with Crippen LogP contribution < -0.4 is 10.6 Å². The predicted octanol–water partition coefficient (Wildman–Crippen LogP) is 1.19. The van der Waals surface area contributed by atoms with E-state index in [4.69, 9.17) is 15.3 Å². The summed E-state index contributed by atoms with van der Waals surface area (Å²) in [5.41, 5.74) is 1.01. The average Bonchev–Trinajstić information content (AvgIpc) is 2.25. The molecule has 0 amide bonds. The quantitative estimate of drug-likeness (QED) is 0.586. The number of rotatable bonds is 5. The number of ether oxygens (including phenoxy) is 2. The molecule has 0 saturated heterocycles. The summed E-state index contributed by atoms with van der Waals surface area (Å²) in [6, 6.07) is 7.79. The normalized spacial score (nSPS) is 12.9. The van der Waals surface area contributed by atoms with Crippen LogP contribution in [0.25, 0.3) is 0 Å². The van der Waals surface area contributed by atoms with Gasteiger partial charge in [0.25, 0.3) is 0 Å². The molecule has 0 spiro atoms. The fraction of sp³-hybridized carbons (Fsp3) is 0.455. The van der Waals surface area contributed by atoms with Gasteiger partial charge in [0, 0.05) is 26.3 Å². The molecule has 2 N–H and O–H groups in total. The van der Waals surface area contributed by atoms with Crippen molar-refractivity contribution in [3.63, 3.8) is 0 Å². The molecule has 1 aromatic rings. The summed E-state index contributed by atoms with van der Waals surface area (Å²) in [4.78, 5) is 0. The third kappa shape index (κ3) is 3.20. The molecule has 1 aromatic carbocycles. The van der Waals surface area contributed by atoms with Crippen LogP contribution in [0.15, 0.2) is 24.3 Å². The SMILES string of the molecule is COc1ccccc1C(CN(C)N)OC. The molecule has 15 heavy (non-hydrogen) atoms. The third-order valence-electron chi connectivity index (χ3n) is 2.22. The van der Waals surface area contributed by atoms with Gasteiger partial charge < -0.3 is 9.47 Å². The maximum atomic E-state index is 5.61. The molecule has 84 valence electrons. The highest BCUT2D eigenvalue weighted by atomic mass is 16.5. The number of para-hydroxylation sites is 1. The van der Waals surface area contributed by atoms with Crippen molar-refractivity contribution in [1.82, 2.24) is 5.01 Å². The standard InChI is InChI=1S/C11H18N2O2/c1-13(12)8-11(15-3)9-6-4-5-7-10(9)14-2/h4-7,11H,8,12H2,1-3H3. The summed E-state index contributed by atoms with van der Waals surface area (Å²) in [6.07, 6.45) is -0.0730. The van der Waals surface area contributed by atoms with Crippen molar-refractivity contribution in [2.45, 2.75) is 6.10 Å². The van der Waals surface area contributed by atoms with Gasteiger partial charge >= 0.3 is 0 Å². The molecule has 4 heteroatoms. The Bertz CT molecular complexity index is 302. The lowest BCUT2D eigenvalue weighted by Crippen LogP contribution is -2.31. The van der Waals surface area contributed by atoms with Crippen LogP contribution in [-0.4, -0.2) is 32.8 Å². The Morgan fingerprint density at radius 3 is 2.53 bits per heavy atom. The van der Waals surface area contributed by atoms with Gasteiger partial charge in [-0.25, -0.2) is 5.01 Å². The van der Waals surface area contributed by atoms with E-state index in [1.807, 2.05) is 24.3 Å². The number of hydrogen-bond donors (Lipinski definition) is 1. The van der Waals surface area contributed by atoms with Crippen molar-refractivity contribution >= 4 is 0 Å². The van der Waals surface area contributed by atoms with Gasteiger partial charge in [0.1, 0.15) is 5.75 Å². The molecule has 1 rings (SSSR count). The number of benzene rings is 1. The van der Waals surface area contributed by atoms with E-state index in [1.54, 1.807) is 26.3 Å². The van der Waals surface area contributed by atoms with E-state index in [-0.39, 0.29) is 6.10 Å². The van der Waals surface area contributed by atoms with Gasteiger partial charge in [-0.3, -0.25) is 5.84 Å². The Balaban J connectivity index is 2.90. The molecular formula is C11H18N2O2. The van der Waals surface area contributed by atoms with Crippen LogP contribution >= 0.6 is 0 Å². The molecule has 0 heterocycles. The molecule has 0 aliphatic carbocycles. The molecule has 1 unspecified atom stereocenters. The first-order valence-corrected chi connectivity index (χ1v) is 4.80. The van der Waals surface area contributed by atoms with E-state index >= 15 is 0 Å². The summed E-state index contributed by atoms with van der Waals surface area (Å²) >= 11 is 0. The summed E-state index contributed by atoms with van der Waals surface area (Å²) < 4.78 is 10.7. The monoisotopic (exact) mass is 210 g/mol. The van der Waals surface area contributed by atoms with E-state index in [1.165, 1.54) is 0 Å². The second-order valence-corrected chi connectivity index (χ2v) is 3.41. The van der Waals surface area contributed by atoms with Crippen molar-refractivity contribution in [3.05, 3.63) is 29.8 Å². The Morgan fingerprint density at radius 1 is 1.33 bits per heavy atom. The number of likely N-dealkylation sites (N-methyl/N-ethyl adjacent to an activating group) is 1. The van der Waals surface area contributed by atoms with Crippen LogP contribution in [0.2, 0.25) is 0 Å². The molecule has 0 saturated carbocycles. The minimum absolute atomic E-state index is 0.0730. The summed E-state index contributed by atoms with van der Waals surface area (Å²) in [6.45, 7) is 0.622. The van der Waals surface area contributed by atoms with E-state index in [0.29, 0.717) is 6.54 Å². The second-order valence-electron chi connectivity index (χ2n) is 3.41. The van der Waals surface area contributed by atoms with Crippen LogP contribution in [0.5, 0.6) is 5.75 Å². The highest BCUT2D eigenvalue weighted by Crippen LogP contribution is 2.26. The Hall–Kier alpha value is -1.10. The van der Waals surface area contributed by atoms with Gasteiger partial charge in [-0.2, -0.15) is 0 Å². The molecule has 0 aliphatic rings. The zero-order valence-electron chi connectivity index (χ0n) is 9.43. The van der Waals surface area contributed by atoms with Gasteiger partial charge in [-0.05, 0) is 6.07 Å². The topological polar surface area (TPSA) is 47.7 Å². The fourth-order valence-electron chi connectivity index (χ4n) is 1.49. The van der Waals surface area contributed by atoms with Gasteiger partial charge in [0.15, 0.2) is 0 Å². The molecular weight excluding hydrogens is 192 g/mol. The highest BCUT2D eigenvalue weighted by Gasteiger charge is 2.15. The lowest BCUT2D eigenvalue weighted by molar-refractivity contribution is 0.0698. The van der Waals surface area contributed by atoms with E-state index in [9.17, 15) is 0 Å². The van der Waals surface area contributed by atoms with Crippen LogP contribution in [0.3, 0.4) is 0 Å². The third-order valence-corrected chi connectivity index (χ3v) is 2.22. The van der Waals surface area contributed by atoms with Crippen LogP contribution in [-0.2, 0) is 4.74 Å². The van der Waals surface area contributed by atoms with E-state index < -0.39 is 0 Å². The molecule has 0 fully saturated rings. The van der Waals surface area contributed by atoms with Crippen LogP contribution in [0, 0.1) is 0 Å². The minimum Gasteiger partial charge on any atom is -0.496 e. The lowest BCUT2D eigenvalue weighted by Gasteiger charge is -2.21. The van der Waals surface area contributed by atoms with Crippen molar-refractivity contribution < 1.29 is 9.47 Å². The van der Waals surface area contributed by atoms with E-state index in [0.717, 1.165) is 11.3 Å². The van der Waals surface area contributed by atoms with E-state index in [2.05, 4.69) is 0 Å². The summed E-state index contributed by atoms with van der Waals surface area (Å²) in [5.74, 6) is 6.44. The maximum Gasteiger partial charge on any atom is 0.124 e. The van der Waals surface area contributed by atoms with Crippen molar-refractivity contribution in [1.29, 1.82) is 0 Å². The smallest absolute Gasteiger partial charge is 0.124 e. The molecule has 1 atom stereocenters. The van der Waals surface area contributed by atoms with Crippen molar-refractivity contribution in [3.8, 4) is 5.75 Å². The largest absolute Gasteiger partial charge is 0.496 e. The fourth-order valence-corrected chi connectivity index (χ4v) is 1.49. The first-order chi connectivity index (χ1) is 7.19. The first-order valence-electron chi connectivity index (χ1n) is 4.80. The van der Waals surface area contributed by atoms with Crippen LogP contribution in [0.4, 0.5) is 0 Å². The molecule has 0 radical (unpaired) electrons. The maximum absolute atomic E-state index is 5.61. The number of nitrogens with two attached hydrogens (primary N) is 1. The number of nitrogens with zero attached hydrogens (tertiary/aromatic N) is 1. The minimum atomic E-state index is -0.0730. The molecule has 0 bridgehead atoms. The number of hydrogen-bond acceptors (Lipinski definition) is 4. The number of hydrazine groups is 1. The predicted molar refractivity (Wildman–Crippen MR) is 59.6 cm³/mol. The van der Waals surface area contributed by atoms with Gasteiger partial charge in [0.05, 0.1) is 13.2 Å². The highest BCUT2D eigenvalue weighted by molar-refractivity contribution is 5.35. The van der Waals surface area contributed by atoms with Gasteiger partial charge in [0.2, 0.25) is 0 Å². The number of methoxy groups -OCH3 is 2. The molecule has 4 nitrogen and oxygen atoms in total. The second kappa shape index (κ2) is 5.70. The van der Waals surface area contributed by atoms with Crippen LogP contribution in [0.1, 0.15) is 11.7 Å². The average molecular weight is 210 g/mol.